The minimum absolute atomic E-state index is 0.133. The molecule has 5 nitrogen and oxygen atoms in total. The van der Waals surface area contributed by atoms with Gasteiger partial charge in [-0.2, -0.15) is 0 Å². The van der Waals surface area contributed by atoms with E-state index in [1.165, 1.54) is 0 Å². The molecule has 5 heteroatoms. The number of phenols is 1. The molecule has 0 atom stereocenters. The molecule has 0 aliphatic rings. The highest BCUT2D eigenvalue weighted by Gasteiger charge is 2.24. The Balaban J connectivity index is 1.22. The number of furan rings is 1. The number of aryl methyl sites for hydroxylation is 1. The average Bonchev–Trinajstić information content (AvgIpc) is 3.83. The van der Waals surface area contributed by atoms with E-state index in [-0.39, 0.29) is 5.75 Å². The molecule has 10 aromatic rings. The predicted molar refractivity (Wildman–Crippen MR) is 220 cm³/mol. The normalized spacial score (nSPS) is 12.6. The quantitative estimate of drug-likeness (QED) is 0.188. The van der Waals surface area contributed by atoms with Crippen LogP contribution in [0.5, 0.6) is 5.75 Å². The maximum Gasteiger partial charge on any atom is 0.149 e. The monoisotopic (exact) mass is 698 g/mol. The molecule has 0 aliphatic heterocycles. The van der Waals surface area contributed by atoms with Gasteiger partial charge in [0.2, 0.25) is 0 Å². The summed E-state index contributed by atoms with van der Waals surface area (Å²) in [5.74, 6) is 0.739. The van der Waals surface area contributed by atoms with Crippen LogP contribution < -0.4 is 0 Å². The molecule has 0 saturated heterocycles. The summed E-state index contributed by atoms with van der Waals surface area (Å²) in [6.45, 7) is -2.17. The van der Waals surface area contributed by atoms with E-state index in [1.807, 2.05) is 97.1 Å². The molecular weight excluding hydrogens is 663 g/mol. The lowest BCUT2D eigenvalue weighted by molar-refractivity contribution is 0.477. The Morgan fingerprint density at radius 3 is 2.19 bits per heavy atom. The van der Waals surface area contributed by atoms with Crippen LogP contribution in [-0.4, -0.2) is 19.6 Å². The van der Waals surface area contributed by atoms with Crippen molar-refractivity contribution in [1.82, 2.24) is 14.5 Å². The molecular formula is C49H33N3O2. The van der Waals surface area contributed by atoms with E-state index in [2.05, 4.69) is 59.2 Å². The van der Waals surface area contributed by atoms with Crippen LogP contribution in [0.25, 0.3) is 94.7 Å². The van der Waals surface area contributed by atoms with Crippen LogP contribution in [0.3, 0.4) is 0 Å². The Kier molecular flexibility index (Phi) is 6.70. The van der Waals surface area contributed by atoms with Gasteiger partial charge in [-0.05, 0) is 78.1 Å². The summed E-state index contributed by atoms with van der Waals surface area (Å²) in [7, 11) is 0. The Morgan fingerprint density at radius 2 is 1.33 bits per heavy atom. The van der Waals surface area contributed by atoms with E-state index in [9.17, 15) is 5.11 Å². The summed E-state index contributed by atoms with van der Waals surface area (Å²) in [4.78, 5) is 10.2. The van der Waals surface area contributed by atoms with Crippen molar-refractivity contribution in [3.63, 3.8) is 0 Å². The van der Waals surface area contributed by atoms with E-state index >= 15 is 0 Å². The number of benzene rings is 7. The van der Waals surface area contributed by atoms with Gasteiger partial charge in [0, 0.05) is 43.3 Å². The second-order valence-corrected chi connectivity index (χ2v) is 13.4. The van der Waals surface area contributed by atoms with Crippen molar-refractivity contribution in [3.05, 3.63) is 182 Å². The minimum atomic E-state index is -2.17. The largest absolute Gasteiger partial charge is 0.507 e. The third-order valence-electron chi connectivity index (χ3n) is 10.1. The zero-order valence-corrected chi connectivity index (χ0v) is 28.9. The number of phenolic OH excluding ortho intramolecular Hbond substituents is 1. The SMILES string of the molecule is [2H]C([2H])([2H])c1ccc(-c2ccnc(-c3cc(-c4cccc5c4nc(-c4ccccc4O)n5-c4ccccc4-c4ccccc4)c4oc5ccccc5c4c3)c2)cc1. The number of pyridine rings is 1. The molecule has 0 unspecified atom stereocenters. The number of hydrogen-bond acceptors (Lipinski definition) is 4. The van der Waals surface area contributed by atoms with E-state index in [1.54, 1.807) is 24.4 Å². The highest BCUT2D eigenvalue weighted by molar-refractivity contribution is 6.13. The van der Waals surface area contributed by atoms with Gasteiger partial charge in [-0.3, -0.25) is 9.55 Å². The van der Waals surface area contributed by atoms with Crippen molar-refractivity contribution < 1.29 is 13.6 Å². The maximum atomic E-state index is 11.3. The number of hydrogen-bond donors (Lipinski definition) is 1. The molecule has 3 aromatic heterocycles. The fourth-order valence-electron chi connectivity index (χ4n) is 7.54. The summed E-state index contributed by atoms with van der Waals surface area (Å²) in [6, 6.07) is 55.2. The lowest BCUT2D eigenvalue weighted by Gasteiger charge is -2.15. The van der Waals surface area contributed by atoms with Gasteiger partial charge < -0.3 is 9.52 Å². The summed E-state index contributed by atoms with van der Waals surface area (Å²) in [6.07, 6.45) is 1.78. The highest BCUT2D eigenvalue weighted by Crippen LogP contribution is 2.44. The van der Waals surface area contributed by atoms with Gasteiger partial charge in [0.1, 0.15) is 22.7 Å². The topological polar surface area (TPSA) is 64.1 Å². The van der Waals surface area contributed by atoms with Gasteiger partial charge in [-0.1, -0.05) is 121 Å². The number of rotatable bonds is 6. The predicted octanol–water partition coefficient (Wildman–Crippen LogP) is 12.7. The molecule has 7 aromatic carbocycles. The van der Waals surface area contributed by atoms with Gasteiger partial charge in [-0.25, -0.2) is 4.98 Å². The minimum Gasteiger partial charge on any atom is -0.507 e. The fraction of sp³-hybridized carbons (Fsp3) is 0.0204. The third kappa shape index (κ3) is 5.25. The van der Waals surface area contributed by atoms with Crippen LogP contribution in [-0.2, 0) is 0 Å². The van der Waals surface area contributed by atoms with Crippen molar-refractivity contribution in [1.29, 1.82) is 0 Å². The van der Waals surface area contributed by atoms with E-state index in [4.69, 9.17) is 18.5 Å². The number of imidazole rings is 1. The summed E-state index contributed by atoms with van der Waals surface area (Å²) < 4.78 is 32.2. The maximum absolute atomic E-state index is 11.3. The molecule has 0 fully saturated rings. The van der Waals surface area contributed by atoms with Gasteiger partial charge in [-0.15, -0.1) is 0 Å². The first-order chi connectivity index (χ1) is 27.8. The van der Waals surface area contributed by atoms with Crippen LogP contribution in [0, 0.1) is 6.85 Å². The first-order valence-corrected chi connectivity index (χ1v) is 17.8. The Hall–Kier alpha value is -7.24. The van der Waals surface area contributed by atoms with Crippen molar-refractivity contribution in [2.45, 2.75) is 6.85 Å². The number of para-hydroxylation sites is 4. The van der Waals surface area contributed by atoms with Crippen LogP contribution in [0.1, 0.15) is 9.68 Å². The van der Waals surface area contributed by atoms with Crippen molar-refractivity contribution in [2.24, 2.45) is 0 Å². The molecule has 0 amide bonds. The summed E-state index contributed by atoms with van der Waals surface area (Å²) in [5.41, 5.74) is 12.2. The summed E-state index contributed by atoms with van der Waals surface area (Å²) >= 11 is 0. The van der Waals surface area contributed by atoms with E-state index in [0.717, 1.165) is 83.3 Å². The number of aromatic hydroxyl groups is 1. The van der Waals surface area contributed by atoms with Gasteiger partial charge in [0.25, 0.3) is 0 Å². The zero-order valence-electron chi connectivity index (χ0n) is 31.9. The lowest BCUT2D eigenvalue weighted by Crippen LogP contribution is -2.00. The highest BCUT2D eigenvalue weighted by atomic mass is 16.3. The summed E-state index contributed by atoms with van der Waals surface area (Å²) in [5, 5.41) is 13.2. The molecule has 3 heterocycles. The third-order valence-corrected chi connectivity index (χ3v) is 10.1. The number of fused-ring (bicyclic) bond motifs is 4. The smallest absolute Gasteiger partial charge is 0.149 e. The molecule has 10 rings (SSSR count). The Morgan fingerprint density at radius 1 is 0.574 bits per heavy atom. The molecule has 0 aliphatic carbocycles. The van der Waals surface area contributed by atoms with E-state index < -0.39 is 6.85 Å². The Bertz CT molecular complexity index is 3130. The molecule has 256 valence electrons. The molecule has 54 heavy (non-hydrogen) atoms. The van der Waals surface area contributed by atoms with Gasteiger partial charge in [0.05, 0.1) is 28.0 Å². The van der Waals surface area contributed by atoms with Crippen LogP contribution >= 0.6 is 0 Å². The van der Waals surface area contributed by atoms with Crippen LogP contribution in [0.2, 0.25) is 0 Å². The van der Waals surface area contributed by atoms with Crippen molar-refractivity contribution >= 4 is 33.0 Å². The first-order valence-electron chi connectivity index (χ1n) is 19.3. The molecule has 0 radical (unpaired) electrons. The zero-order chi connectivity index (χ0) is 38.7. The van der Waals surface area contributed by atoms with Gasteiger partial charge in [0.15, 0.2) is 0 Å². The van der Waals surface area contributed by atoms with E-state index in [0.29, 0.717) is 17.0 Å². The molecule has 0 bridgehead atoms. The van der Waals surface area contributed by atoms with Crippen molar-refractivity contribution in [3.8, 4) is 67.5 Å². The second-order valence-electron chi connectivity index (χ2n) is 13.4. The van der Waals surface area contributed by atoms with Crippen LogP contribution in [0.15, 0.2) is 180 Å². The number of aromatic nitrogens is 3. The van der Waals surface area contributed by atoms with Crippen molar-refractivity contribution in [2.75, 3.05) is 0 Å². The first kappa shape index (κ1) is 28.4. The molecule has 1 N–H and O–H groups in total. The number of nitrogens with zero attached hydrogens (tertiary/aromatic N) is 3. The standard InChI is InChI=1S/C49H33N3O2/c1-31-22-24-32(25-23-31)34-26-27-50-42(30-34)35-28-40-37-15-7-10-21-46(37)54-48(40)41(29-35)38-17-11-19-44-47(38)51-49(39-16-6-9-20-45(39)53)52(44)43-18-8-5-14-36(43)33-12-3-2-4-13-33/h2-30,53H,1H3/i1D3. The Labute approximate surface area is 316 Å². The lowest BCUT2D eigenvalue weighted by atomic mass is 9.95. The average molecular weight is 699 g/mol. The molecule has 0 spiro atoms. The molecule has 0 saturated carbocycles. The second kappa shape index (κ2) is 12.8. The van der Waals surface area contributed by atoms with Gasteiger partial charge >= 0.3 is 0 Å². The fourth-order valence-corrected chi connectivity index (χ4v) is 7.54. The van der Waals surface area contributed by atoms with Crippen LogP contribution in [0.4, 0.5) is 0 Å².